The van der Waals surface area contributed by atoms with Crippen molar-refractivity contribution in [2.24, 2.45) is 0 Å². The summed E-state index contributed by atoms with van der Waals surface area (Å²) in [5.41, 5.74) is 0.807. The molecule has 1 aromatic carbocycles. The first kappa shape index (κ1) is 15.6. The van der Waals surface area contributed by atoms with Crippen molar-refractivity contribution in [3.05, 3.63) is 54.0 Å². The van der Waals surface area contributed by atoms with E-state index in [1.54, 1.807) is 18.2 Å². The lowest BCUT2D eigenvalue weighted by atomic mass is 10.1. The van der Waals surface area contributed by atoms with E-state index in [1.165, 1.54) is 18.4 Å². The number of rotatable bonds is 3. The minimum Gasteiger partial charge on any atom is -0.459 e. The number of amides is 1. The van der Waals surface area contributed by atoms with Crippen molar-refractivity contribution in [1.82, 2.24) is 14.8 Å². The van der Waals surface area contributed by atoms with Crippen LogP contribution in [0.2, 0.25) is 0 Å². The van der Waals surface area contributed by atoms with Gasteiger partial charge in [0, 0.05) is 18.7 Å². The number of aromatic nitrogens is 3. The highest BCUT2D eigenvalue weighted by Gasteiger charge is 2.19. The van der Waals surface area contributed by atoms with Gasteiger partial charge in [0.25, 0.3) is 5.91 Å². The third-order valence-corrected chi connectivity index (χ3v) is 4.32. The van der Waals surface area contributed by atoms with Crippen LogP contribution in [0.1, 0.15) is 35.6 Å². The number of halogens is 1. The molecule has 1 N–H and O–H groups in total. The molecule has 0 saturated heterocycles. The summed E-state index contributed by atoms with van der Waals surface area (Å²) in [5, 5.41) is 11.1. The quantitative estimate of drug-likeness (QED) is 0.790. The predicted molar refractivity (Wildman–Crippen MR) is 89.6 cm³/mol. The van der Waals surface area contributed by atoms with Crippen molar-refractivity contribution in [3.8, 4) is 11.4 Å². The van der Waals surface area contributed by atoms with E-state index in [9.17, 15) is 9.18 Å². The summed E-state index contributed by atoms with van der Waals surface area (Å²) in [7, 11) is 0. The normalized spacial score (nSPS) is 14.0. The molecule has 0 bridgehead atoms. The molecule has 6 nitrogen and oxygen atoms in total. The van der Waals surface area contributed by atoms with Crippen molar-refractivity contribution in [2.45, 2.75) is 32.2 Å². The van der Waals surface area contributed by atoms with E-state index >= 15 is 0 Å². The maximum atomic E-state index is 14.4. The first-order valence-electron chi connectivity index (χ1n) is 8.29. The Morgan fingerprint density at radius 2 is 2.12 bits per heavy atom. The zero-order valence-electron chi connectivity index (χ0n) is 13.5. The average Bonchev–Trinajstić information content (AvgIpc) is 3.22. The number of fused-ring (bicyclic) bond motifs is 1. The molecule has 3 heterocycles. The third-order valence-electron chi connectivity index (χ3n) is 4.32. The molecule has 3 aromatic rings. The number of anilines is 1. The zero-order chi connectivity index (χ0) is 17.2. The molecule has 128 valence electrons. The van der Waals surface area contributed by atoms with E-state index in [1.807, 2.05) is 4.57 Å². The van der Waals surface area contributed by atoms with Crippen LogP contribution in [0.15, 0.2) is 41.0 Å². The van der Waals surface area contributed by atoms with Crippen LogP contribution in [-0.4, -0.2) is 20.7 Å². The minimum atomic E-state index is -0.393. The summed E-state index contributed by atoms with van der Waals surface area (Å²) >= 11 is 0. The molecule has 1 aliphatic heterocycles. The maximum Gasteiger partial charge on any atom is 0.291 e. The van der Waals surface area contributed by atoms with E-state index in [0.717, 1.165) is 38.1 Å². The number of carbonyl (C=O) groups excluding carboxylic acids is 1. The highest BCUT2D eigenvalue weighted by molar-refractivity contribution is 6.02. The molecule has 25 heavy (non-hydrogen) atoms. The van der Waals surface area contributed by atoms with Gasteiger partial charge in [0.05, 0.1) is 11.8 Å². The van der Waals surface area contributed by atoms with E-state index < -0.39 is 5.82 Å². The van der Waals surface area contributed by atoms with Gasteiger partial charge in [-0.05, 0) is 43.2 Å². The highest BCUT2D eigenvalue weighted by Crippen LogP contribution is 2.27. The number of hydrogen-bond acceptors (Lipinski definition) is 4. The SMILES string of the molecule is O=C(Nc1ccc(F)c(-c2nnc3n2CCCCC3)c1)c1ccco1. The number of nitrogens with one attached hydrogen (secondary N) is 1. The Morgan fingerprint density at radius 1 is 1.20 bits per heavy atom. The zero-order valence-corrected chi connectivity index (χ0v) is 13.5. The number of hydrogen-bond donors (Lipinski definition) is 1. The number of aryl methyl sites for hydroxylation is 1. The van der Waals surface area contributed by atoms with E-state index in [-0.39, 0.29) is 11.7 Å². The molecular weight excluding hydrogens is 323 g/mol. The summed E-state index contributed by atoms with van der Waals surface area (Å²) in [6.07, 6.45) is 5.50. The Kier molecular flexibility index (Phi) is 4.05. The molecule has 0 unspecified atom stereocenters. The molecule has 4 rings (SSSR count). The first-order chi connectivity index (χ1) is 12.2. The fourth-order valence-corrected chi connectivity index (χ4v) is 3.06. The molecule has 0 radical (unpaired) electrons. The van der Waals surface area contributed by atoms with Gasteiger partial charge < -0.3 is 14.3 Å². The van der Waals surface area contributed by atoms with E-state index in [4.69, 9.17) is 4.42 Å². The number of furan rings is 1. The summed E-state index contributed by atoms with van der Waals surface area (Å²) in [6.45, 7) is 0.778. The van der Waals surface area contributed by atoms with Crippen LogP contribution >= 0.6 is 0 Å². The molecule has 0 saturated carbocycles. The number of carbonyl (C=O) groups is 1. The van der Waals surface area contributed by atoms with Gasteiger partial charge in [-0.15, -0.1) is 10.2 Å². The van der Waals surface area contributed by atoms with Crippen molar-refractivity contribution in [2.75, 3.05) is 5.32 Å². The molecule has 0 aliphatic carbocycles. The van der Waals surface area contributed by atoms with Gasteiger partial charge >= 0.3 is 0 Å². The van der Waals surface area contributed by atoms with Gasteiger partial charge in [0.2, 0.25) is 0 Å². The van der Waals surface area contributed by atoms with Gasteiger partial charge in [-0.1, -0.05) is 6.42 Å². The number of benzene rings is 1. The summed E-state index contributed by atoms with van der Waals surface area (Å²) in [6, 6.07) is 7.62. The predicted octanol–water partition coefficient (Wildman–Crippen LogP) is 3.66. The minimum absolute atomic E-state index is 0.196. The molecule has 0 atom stereocenters. The monoisotopic (exact) mass is 340 g/mol. The largest absolute Gasteiger partial charge is 0.459 e. The van der Waals surface area contributed by atoms with Crippen LogP contribution in [0.4, 0.5) is 10.1 Å². The lowest BCUT2D eigenvalue weighted by Gasteiger charge is -2.10. The van der Waals surface area contributed by atoms with Crippen molar-refractivity contribution < 1.29 is 13.6 Å². The van der Waals surface area contributed by atoms with Crippen molar-refractivity contribution in [3.63, 3.8) is 0 Å². The second kappa shape index (κ2) is 6.51. The topological polar surface area (TPSA) is 73.0 Å². The van der Waals surface area contributed by atoms with E-state index in [2.05, 4.69) is 15.5 Å². The molecule has 0 fully saturated rings. The lowest BCUT2D eigenvalue weighted by Crippen LogP contribution is -2.11. The van der Waals surface area contributed by atoms with Crippen LogP contribution in [0.3, 0.4) is 0 Å². The second-order valence-electron chi connectivity index (χ2n) is 6.03. The van der Waals surface area contributed by atoms with E-state index in [0.29, 0.717) is 17.1 Å². The Hall–Kier alpha value is -2.96. The maximum absolute atomic E-state index is 14.4. The fraction of sp³-hybridized carbons (Fsp3) is 0.278. The van der Waals surface area contributed by atoms with Gasteiger partial charge in [-0.3, -0.25) is 4.79 Å². The van der Waals surface area contributed by atoms with Crippen molar-refractivity contribution in [1.29, 1.82) is 0 Å². The molecule has 1 aliphatic rings. The van der Waals surface area contributed by atoms with Gasteiger partial charge in [-0.2, -0.15) is 0 Å². The van der Waals surface area contributed by atoms with Gasteiger partial charge in [-0.25, -0.2) is 4.39 Å². The summed E-state index contributed by atoms with van der Waals surface area (Å²) in [5.74, 6) is 0.806. The Labute approximate surface area is 143 Å². The molecule has 0 spiro atoms. The Balaban J connectivity index is 1.67. The lowest BCUT2D eigenvalue weighted by molar-refractivity contribution is 0.0996. The molecule has 2 aromatic heterocycles. The Bertz CT molecular complexity index is 902. The number of nitrogens with zero attached hydrogens (tertiary/aromatic N) is 3. The van der Waals surface area contributed by atoms with Crippen LogP contribution in [0.25, 0.3) is 11.4 Å². The fourth-order valence-electron chi connectivity index (χ4n) is 3.06. The van der Waals surface area contributed by atoms with Crippen LogP contribution in [0, 0.1) is 5.82 Å². The van der Waals surface area contributed by atoms with Crippen LogP contribution in [0.5, 0.6) is 0 Å². The third kappa shape index (κ3) is 3.05. The molecule has 7 heteroatoms. The molecular formula is C18H17FN4O2. The summed E-state index contributed by atoms with van der Waals surface area (Å²) < 4.78 is 21.4. The van der Waals surface area contributed by atoms with Crippen LogP contribution < -0.4 is 5.32 Å². The average molecular weight is 340 g/mol. The van der Waals surface area contributed by atoms with Crippen LogP contribution in [-0.2, 0) is 13.0 Å². The Morgan fingerprint density at radius 3 is 2.96 bits per heavy atom. The summed E-state index contributed by atoms with van der Waals surface area (Å²) in [4.78, 5) is 12.1. The van der Waals surface area contributed by atoms with Crippen molar-refractivity contribution >= 4 is 11.6 Å². The van der Waals surface area contributed by atoms with Gasteiger partial charge in [0.15, 0.2) is 11.6 Å². The standard InChI is InChI=1S/C18H17FN4O2/c19-14-8-7-12(20-18(24)15-5-4-10-25-15)11-13(14)17-22-21-16-6-2-1-3-9-23(16)17/h4-5,7-8,10-11H,1-3,6,9H2,(H,20,24). The first-order valence-corrected chi connectivity index (χ1v) is 8.29. The highest BCUT2D eigenvalue weighted by atomic mass is 19.1. The van der Waals surface area contributed by atoms with Gasteiger partial charge in [0.1, 0.15) is 11.6 Å². The second-order valence-corrected chi connectivity index (χ2v) is 6.03. The molecule has 1 amide bonds. The smallest absolute Gasteiger partial charge is 0.291 e.